The fourth-order valence-corrected chi connectivity index (χ4v) is 2.01. The molecule has 88 valence electrons. The van der Waals surface area contributed by atoms with Crippen molar-refractivity contribution in [3.8, 4) is 0 Å². The van der Waals surface area contributed by atoms with Gasteiger partial charge in [-0.3, -0.25) is 4.79 Å². The average Bonchev–Trinajstić information content (AvgIpc) is 2.30. The van der Waals surface area contributed by atoms with E-state index in [9.17, 15) is 4.79 Å². The topological polar surface area (TPSA) is 67.0 Å². The second-order valence-corrected chi connectivity index (χ2v) is 4.18. The number of rotatable bonds is 3. The molecule has 1 aliphatic rings. The van der Waals surface area contributed by atoms with Crippen LogP contribution < -0.4 is 10.9 Å². The summed E-state index contributed by atoms with van der Waals surface area (Å²) in [6.07, 6.45) is 3.55. The van der Waals surface area contributed by atoms with Crippen molar-refractivity contribution in [3.05, 3.63) is 22.7 Å². The summed E-state index contributed by atoms with van der Waals surface area (Å²) in [7, 11) is 0. The van der Waals surface area contributed by atoms with E-state index >= 15 is 0 Å². The third kappa shape index (κ3) is 2.82. The maximum absolute atomic E-state index is 11.1. The number of aromatic nitrogens is 2. The summed E-state index contributed by atoms with van der Waals surface area (Å²) in [5.41, 5.74) is -0.128. The van der Waals surface area contributed by atoms with E-state index in [1.807, 2.05) is 0 Å². The molecule has 5 heteroatoms. The van der Waals surface area contributed by atoms with Gasteiger partial charge in [-0.1, -0.05) is 0 Å². The smallest absolute Gasteiger partial charge is 0.252 e. The molecule has 0 spiro atoms. The van der Waals surface area contributed by atoms with Gasteiger partial charge in [0.25, 0.3) is 5.56 Å². The Kier molecular flexibility index (Phi) is 3.56. The van der Waals surface area contributed by atoms with Crippen LogP contribution in [-0.2, 0) is 4.74 Å². The van der Waals surface area contributed by atoms with Crippen molar-refractivity contribution < 1.29 is 4.74 Å². The largest absolute Gasteiger partial charge is 0.381 e. The lowest BCUT2D eigenvalue weighted by atomic mass is 9.93. The summed E-state index contributed by atoms with van der Waals surface area (Å²) in [6, 6.07) is 1.80. The lowest BCUT2D eigenvalue weighted by Gasteiger charge is -2.28. The molecule has 5 nitrogen and oxygen atoms in total. The number of H-pyrrole nitrogens is 1. The highest BCUT2D eigenvalue weighted by atomic mass is 16.5. The molecule has 0 bridgehead atoms. The Morgan fingerprint density at radius 2 is 2.31 bits per heavy atom. The minimum absolute atomic E-state index is 0.128. The Balaban J connectivity index is 1.95. The van der Waals surface area contributed by atoms with Gasteiger partial charge in [0.15, 0.2) is 0 Å². The zero-order chi connectivity index (χ0) is 11.4. The van der Waals surface area contributed by atoms with E-state index in [1.165, 1.54) is 12.4 Å². The van der Waals surface area contributed by atoms with Gasteiger partial charge in [0, 0.05) is 25.3 Å². The van der Waals surface area contributed by atoms with Gasteiger partial charge in [-0.05, 0) is 25.7 Å². The van der Waals surface area contributed by atoms with Crippen LogP contribution in [-0.4, -0.2) is 29.2 Å². The Morgan fingerprint density at radius 1 is 1.56 bits per heavy atom. The second-order valence-electron chi connectivity index (χ2n) is 4.18. The van der Waals surface area contributed by atoms with Crippen molar-refractivity contribution in [2.75, 3.05) is 18.5 Å². The van der Waals surface area contributed by atoms with Crippen LogP contribution in [0.5, 0.6) is 0 Å². The van der Waals surface area contributed by atoms with Gasteiger partial charge < -0.3 is 15.0 Å². The summed E-state index contributed by atoms with van der Waals surface area (Å²) < 4.78 is 5.32. The summed E-state index contributed by atoms with van der Waals surface area (Å²) in [5.74, 6) is 1.23. The fourth-order valence-electron chi connectivity index (χ4n) is 2.01. The van der Waals surface area contributed by atoms with E-state index in [0.29, 0.717) is 17.8 Å². The van der Waals surface area contributed by atoms with Gasteiger partial charge in [0.2, 0.25) is 0 Å². The van der Waals surface area contributed by atoms with E-state index < -0.39 is 0 Å². The van der Waals surface area contributed by atoms with E-state index in [1.54, 1.807) is 0 Å². The molecule has 2 N–H and O–H groups in total. The van der Waals surface area contributed by atoms with Crippen LogP contribution in [0.1, 0.15) is 19.8 Å². The zero-order valence-corrected chi connectivity index (χ0v) is 9.40. The molecule has 1 unspecified atom stereocenters. The van der Waals surface area contributed by atoms with E-state index in [4.69, 9.17) is 4.74 Å². The summed E-state index contributed by atoms with van der Waals surface area (Å²) >= 11 is 0. The van der Waals surface area contributed by atoms with Crippen molar-refractivity contribution in [1.82, 2.24) is 9.97 Å². The first kappa shape index (κ1) is 11.1. The number of nitrogens with zero attached hydrogens (tertiary/aromatic N) is 1. The minimum atomic E-state index is -0.128. The van der Waals surface area contributed by atoms with Crippen LogP contribution in [0.15, 0.2) is 17.2 Å². The molecular formula is C11H17N3O2. The minimum Gasteiger partial charge on any atom is -0.381 e. The second kappa shape index (κ2) is 5.12. The number of hydrogen-bond acceptors (Lipinski definition) is 4. The molecule has 0 aromatic carbocycles. The van der Waals surface area contributed by atoms with Crippen molar-refractivity contribution in [3.63, 3.8) is 0 Å². The zero-order valence-electron chi connectivity index (χ0n) is 9.40. The number of nitrogens with one attached hydrogen (secondary N) is 2. The first-order valence-corrected chi connectivity index (χ1v) is 5.65. The highest BCUT2D eigenvalue weighted by molar-refractivity contribution is 5.32. The third-order valence-electron chi connectivity index (χ3n) is 3.03. The molecule has 1 fully saturated rings. The molecule has 16 heavy (non-hydrogen) atoms. The summed E-state index contributed by atoms with van der Waals surface area (Å²) in [5, 5.41) is 3.27. The quantitative estimate of drug-likeness (QED) is 0.802. The van der Waals surface area contributed by atoms with Crippen LogP contribution in [0.2, 0.25) is 0 Å². The molecule has 0 aliphatic carbocycles. The van der Waals surface area contributed by atoms with E-state index in [-0.39, 0.29) is 5.56 Å². The monoisotopic (exact) mass is 223 g/mol. The van der Waals surface area contributed by atoms with Gasteiger partial charge in [-0.2, -0.15) is 0 Å². The Morgan fingerprint density at radius 3 is 3.00 bits per heavy atom. The first-order chi connectivity index (χ1) is 7.75. The van der Waals surface area contributed by atoms with Gasteiger partial charge in [-0.25, -0.2) is 4.98 Å². The Hall–Kier alpha value is -1.36. The molecular weight excluding hydrogens is 206 g/mol. The van der Waals surface area contributed by atoms with Crippen LogP contribution in [0.4, 0.5) is 5.82 Å². The molecule has 0 amide bonds. The SMILES string of the molecule is CC(Nc1cc(=O)[nH]cn1)C1CCOCC1. The molecule has 2 heterocycles. The van der Waals surface area contributed by atoms with E-state index in [2.05, 4.69) is 22.2 Å². The van der Waals surface area contributed by atoms with Crippen molar-refractivity contribution in [1.29, 1.82) is 0 Å². The molecule has 1 aromatic heterocycles. The molecule has 1 aromatic rings. The molecule has 2 rings (SSSR count). The predicted octanol–water partition coefficient (Wildman–Crippen LogP) is 0.997. The Labute approximate surface area is 94.2 Å². The van der Waals surface area contributed by atoms with Gasteiger partial charge >= 0.3 is 0 Å². The lowest BCUT2D eigenvalue weighted by molar-refractivity contribution is 0.0622. The van der Waals surface area contributed by atoms with Crippen LogP contribution in [0.3, 0.4) is 0 Å². The van der Waals surface area contributed by atoms with E-state index in [0.717, 1.165) is 26.1 Å². The lowest BCUT2D eigenvalue weighted by Crippen LogP contribution is -2.31. The van der Waals surface area contributed by atoms with Crippen molar-refractivity contribution >= 4 is 5.82 Å². The molecule has 0 radical (unpaired) electrons. The standard InChI is InChI=1S/C11H17N3O2/c1-8(9-2-4-16-5-3-9)14-10-6-11(15)13-7-12-10/h6-9H,2-5H2,1H3,(H2,12,13,14,15). The predicted molar refractivity (Wildman–Crippen MR) is 61.5 cm³/mol. The van der Waals surface area contributed by atoms with Crippen molar-refractivity contribution in [2.24, 2.45) is 5.92 Å². The number of ether oxygens (including phenoxy) is 1. The molecule has 1 aliphatic heterocycles. The van der Waals surface area contributed by atoms with Crippen LogP contribution in [0, 0.1) is 5.92 Å². The van der Waals surface area contributed by atoms with Crippen LogP contribution >= 0.6 is 0 Å². The highest BCUT2D eigenvalue weighted by Crippen LogP contribution is 2.20. The maximum Gasteiger partial charge on any atom is 0.252 e. The first-order valence-electron chi connectivity index (χ1n) is 5.65. The summed E-state index contributed by atoms with van der Waals surface area (Å²) in [6.45, 7) is 3.79. The fraction of sp³-hybridized carbons (Fsp3) is 0.636. The summed E-state index contributed by atoms with van der Waals surface area (Å²) in [4.78, 5) is 17.7. The van der Waals surface area contributed by atoms with Crippen LogP contribution in [0.25, 0.3) is 0 Å². The molecule has 1 saturated heterocycles. The highest BCUT2D eigenvalue weighted by Gasteiger charge is 2.20. The molecule has 0 saturated carbocycles. The number of hydrogen-bond donors (Lipinski definition) is 2. The van der Waals surface area contributed by atoms with Gasteiger partial charge in [0.05, 0.1) is 6.33 Å². The normalized spacial score (nSPS) is 19.3. The third-order valence-corrected chi connectivity index (χ3v) is 3.03. The Bertz CT molecular complexity index is 385. The number of aromatic amines is 1. The van der Waals surface area contributed by atoms with Crippen molar-refractivity contribution in [2.45, 2.75) is 25.8 Å². The number of anilines is 1. The molecule has 1 atom stereocenters. The maximum atomic E-state index is 11.1. The van der Waals surface area contributed by atoms with Gasteiger partial charge in [0.1, 0.15) is 5.82 Å². The van der Waals surface area contributed by atoms with Gasteiger partial charge in [-0.15, -0.1) is 0 Å². The average molecular weight is 223 g/mol.